The van der Waals surface area contributed by atoms with Crippen molar-refractivity contribution in [3.05, 3.63) is 17.6 Å². The van der Waals surface area contributed by atoms with Crippen LogP contribution in [0.3, 0.4) is 0 Å². The van der Waals surface area contributed by atoms with E-state index in [0.717, 1.165) is 37.8 Å². The van der Waals surface area contributed by atoms with Gasteiger partial charge >= 0.3 is 0 Å². The molecule has 1 saturated heterocycles. The number of rotatable bonds is 4. The Hall–Kier alpha value is -1.20. The smallest absolute Gasteiger partial charge is 0.135 e. The zero-order valence-corrected chi connectivity index (χ0v) is 12.6. The zero-order chi connectivity index (χ0) is 13.9. The number of hydrogen-bond acceptors (Lipinski definition) is 5. The maximum absolute atomic E-state index is 4.55. The van der Waals surface area contributed by atoms with Gasteiger partial charge in [0.2, 0.25) is 0 Å². The van der Waals surface area contributed by atoms with E-state index in [-0.39, 0.29) is 0 Å². The largest absolute Gasteiger partial charge is 0.359 e. The predicted octanol–water partition coefficient (Wildman–Crippen LogP) is 0.900. The van der Waals surface area contributed by atoms with Gasteiger partial charge in [0.15, 0.2) is 0 Å². The first-order valence-corrected chi connectivity index (χ1v) is 7.75. The lowest BCUT2D eigenvalue weighted by Gasteiger charge is -2.27. The number of anilines is 1. The summed E-state index contributed by atoms with van der Waals surface area (Å²) in [5.41, 5.74) is 2.52. The molecule has 1 atom stereocenters. The Labute approximate surface area is 121 Å². The molecule has 0 spiro atoms. The van der Waals surface area contributed by atoms with Crippen LogP contribution in [0.1, 0.15) is 24.6 Å². The van der Waals surface area contributed by atoms with Crippen molar-refractivity contribution in [3.8, 4) is 0 Å². The molecule has 3 rings (SSSR count). The van der Waals surface area contributed by atoms with E-state index < -0.39 is 0 Å². The van der Waals surface area contributed by atoms with Crippen molar-refractivity contribution in [1.29, 1.82) is 0 Å². The van der Waals surface area contributed by atoms with Gasteiger partial charge in [0.05, 0.1) is 5.69 Å². The molecule has 5 heteroatoms. The number of nitrogens with one attached hydrogen (secondary N) is 1. The highest BCUT2D eigenvalue weighted by Crippen LogP contribution is 2.24. The van der Waals surface area contributed by atoms with E-state index in [0.29, 0.717) is 0 Å². The molecule has 0 radical (unpaired) electrons. The number of likely N-dealkylation sites (tertiary alicyclic amines) is 1. The average Bonchev–Trinajstić information content (AvgIpc) is 2.94. The summed E-state index contributed by atoms with van der Waals surface area (Å²) < 4.78 is 0. The summed E-state index contributed by atoms with van der Waals surface area (Å²) in [7, 11) is 2.18. The van der Waals surface area contributed by atoms with Crippen LogP contribution in [0.5, 0.6) is 0 Å². The maximum atomic E-state index is 4.55. The van der Waals surface area contributed by atoms with Gasteiger partial charge in [-0.3, -0.25) is 0 Å². The molecule has 0 saturated carbocycles. The molecule has 0 aromatic carbocycles. The van der Waals surface area contributed by atoms with Crippen LogP contribution in [-0.4, -0.2) is 54.6 Å². The molecule has 0 aliphatic carbocycles. The molecule has 1 aromatic rings. The normalized spacial score (nSPS) is 22.8. The van der Waals surface area contributed by atoms with Crippen LogP contribution < -0.4 is 10.2 Å². The van der Waals surface area contributed by atoms with Crippen LogP contribution >= 0.6 is 0 Å². The Kier molecular flexibility index (Phi) is 4.17. The summed E-state index contributed by atoms with van der Waals surface area (Å²) in [6.45, 7) is 8.93. The van der Waals surface area contributed by atoms with Crippen LogP contribution in [0.25, 0.3) is 0 Å². The van der Waals surface area contributed by atoms with Crippen molar-refractivity contribution in [3.63, 3.8) is 0 Å². The Balaban J connectivity index is 1.70. The number of nitrogens with zero attached hydrogens (tertiary/aromatic N) is 4. The summed E-state index contributed by atoms with van der Waals surface area (Å²) in [5, 5.41) is 3.38. The van der Waals surface area contributed by atoms with E-state index in [2.05, 4.69) is 39.1 Å². The maximum Gasteiger partial charge on any atom is 0.135 e. The second-order valence-corrected chi connectivity index (χ2v) is 5.98. The Morgan fingerprint density at radius 2 is 2.35 bits per heavy atom. The first-order chi connectivity index (χ1) is 9.78. The van der Waals surface area contributed by atoms with Crippen LogP contribution in [0, 0.1) is 5.92 Å². The third kappa shape index (κ3) is 2.79. The van der Waals surface area contributed by atoms with Gasteiger partial charge < -0.3 is 15.1 Å². The van der Waals surface area contributed by atoms with Gasteiger partial charge in [-0.05, 0) is 38.4 Å². The van der Waals surface area contributed by atoms with Gasteiger partial charge in [-0.15, -0.1) is 0 Å². The summed E-state index contributed by atoms with van der Waals surface area (Å²) in [6.07, 6.45) is 4.07. The topological polar surface area (TPSA) is 44.3 Å². The van der Waals surface area contributed by atoms with Crippen LogP contribution in [0.4, 0.5) is 5.82 Å². The summed E-state index contributed by atoms with van der Waals surface area (Å²) in [4.78, 5) is 13.8. The highest BCUT2D eigenvalue weighted by atomic mass is 15.2. The molecule has 2 aliphatic heterocycles. The molecule has 5 nitrogen and oxygen atoms in total. The van der Waals surface area contributed by atoms with E-state index in [1.165, 1.54) is 37.3 Å². The highest BCUT2D eigenvalue weighted by Gasteiger charge is 2.24. The van der Waals surface area contributed by atoms with Gasteiger partial charge in [0.1, 0.15) is 12.1 Å². The first kappa shape index (κ1) is 13.8. The van der Waals surface area contributed by atoms with Gasteiger partial charge in [-0.25, -0.2) is 9.97 Å². The van der Waals surface area contributed by atoms with E-state index in [1.54, 1.807) is 6.33 Å². The molecule has 20 heavy (non-hydrogen) atoms. The van der Waals surface area contributed by atoms with Crippen molar-refractivity contribution in [1.82, 2.24) is 20.2 Å². The lowest BCUT2D eigenvalue weighted by molar-refractivity contribution is 0.343. The van der Waals surface area contributed by atoms with Crippen molar-refractivity contribution in [2.24, 2.45) is 5.92 Å². The summed E-state index contributed by atoms with van der Waals surface area (Å²) in [5.74, 6) is 1.92. The highest BCUT2D eigenvalue weighted by molar-refractivity contribution is 5.49. The van der Waals surface area contributed by atoms with Gasteiger partial charge in [0, 0.05) is 32.2 Å². The standard InChI is InChI=1S/C15H25N5/c1-3-20-7-5-12(10-20)9-19(2)15-13-4-6-16-8-14(13)17-11-18-15/h11-12,16H,3-10H2,1-2H3. The van der Waals surface area contributed by atoms with E-state index >= 15 is 0 Å². The lowest BCUT2D eigenvalue weighted by atomic mass is 10.1. The molecule has 1 fully saturated rings. The Bertz CT molecular complexity index is 462. The molecule has 1 aromatic heterocycles. The first-order valence-electron chi connectivity index (χ1n) is 7.75. The second kappa shape index (κ2) is 6.06. The molecule has 110 valence electrons. The Morgan fingerprint density at radius 1 is 1.45 bits per heavy atom. The SMILES string of the molecule is CCN1CCC(CN(C)c2ncnc3c2CCNC3)C1. The van der Waals surface area contributed by atoms with Crippen LogP contribution in [0.15, 0.2) is 6.33 Å². The fourth-order valence-corrected chi connectivity index (χ4v) is 3.42. The fraction of sp³-hybridized carbons (Fsp3) is 0.733. The van der Waals surface area contributed by atoms with E-state index in [1.807, 2.05) is 0 Å². The molecule has 1 unspecified atom stereocenters. The molecule has 0 bridgehead atoms. The zero-order valence-electron chi connectivity index (χ0n) is 12.6. The molecular weight excluding hydrogens is 250 g/mol. The van der Waals surface area contributed by atoms with Crippen molar-refractivity contribution >= 4 is 5.82 Å². The lowest BCUT2D eigenvalue weighted by Crippen LogP contribution is -2.32. The van der Waals surface area contributed by atoms with Gasteiger partial charge in [0.25, 0.3) is 0 Å². The molecular formula is C15H25N5. The fourth-order valence-electron chi connectivity index (χ4n) is 3.42. The van der Waals surface area contributed by atoms with Crippen LogP contribution in [0.2, 0.25) is 0 Å². The minimum absolute atomic E-state index is 0.771. The van der Waals surface area contributed by atoms with Crippen molar-refractivity contribution < 1.29 is 0 Å². The minimum atomic E-state index is 0.771. The Morgan fingerprint density at radius 3 is 3.15 bits per heavy atom. The minimum Gasteiger partial charge on any atom is -0.359 e. The summed E-state index contributed by atoms with van der Waals surface area (Å²) in [6, 6.07) is 0. The second-order valence-electron chi connectivity index (χ2n) is 5.98. The average molecular weight is 275 g/mol. The monoisotopic (exact) mass is 275 g/mol. The number of hydrogen-bond donors (Lipinski definition) is 1. The van der Waals surface area contributed by atoms with E-state index in [9.17, 15) is 0 Å². The quantitative estimate of drug-likeness (QED) is 0.884. The van der Waals surface area contributed by atoms with Crippen molar-refractivity contribution in [2.75, 3.05) is 44.7 Å². The summed E-state index contributed by atoms with van der Waals surface area (Å²) >= 11 is 0. The molecule has 3 heterocycles. The third-order valence-corrected chi connectivity index (χ3v) is 4.57. The third-order valence-electron chi connectivity index (χ3n) is 4.57. The molecule has 0 amide bonds. The van der Waals surface area contributed by atoms with Gasteiger partial charge in [-0.2, -0.15) is 0 Å². The van der Waals surface area contributed by atoms with Gasteiger partial charge in [-0.1, -0.05) is 6.92 Å². The van der Waals surface area contributed by atoms with E-state index in [4.69, 9.17) is 0 Å². The predicted molar refractivity (Wildman–Crippen MR) is 80.9 cm³/mol. The molecule has 2 aliphatic rings. The van der Waals surface area contributed by atoms with Crippen molar-refractivity contribution in [2.45, 2.75) is 26.3 Å². The molecule has 1 N–H and O–H groups in total. The number of fused-ring (bicyclic) bond motifs is 1. The number of aromatic nitrogens is 2. The van der Waals surface area contributed by atoms with Crippen LogP contribution in [-0.2, 0) is 13.0 Å².